The van der Waals surface area contributed by atoms with Gasteiger partial charge in [-0.25, -0.2) is 0 Å². The zero-order chi connectivity index (χ0) is 14.0. The second kappa shape index (κ2) is 5.52. The topological polar surface area (TPSA) is 26.3 Å². The van der Waals surface area contributed by atoms with Gasteiger partial charge in [0.2, 0.25) is 0 Å². The van der Waals surface area contributed by atoms with E-state index in [1.165, 1.54) is 44.8 Å². The van der Waals surface area contributed by atoms with Crippen molar-refractivity contribution in [3.05, 3.63) is 24.3 Å². The molecule has 2 fully saturated rings. The van der Waals surface area contributed by atoms with Gasteiger partial charge in [-0.1, -0.05) is 24.3 Å². The summed E-state index contributed by atoms with van der Waals surface area (Å²) in [5.41, 5.74) is 2.62. The van der Waals surface area contributed by atoms with Crippen LogP contribution in [0, 0.1) is 17.3 Å². The Morgan fingerprint density at radius 2 is 1.95 bits per heavy atom. The van der Waals surface area contributed by atoms with E-state index in [4.69, 9.17) is 4.74 Å². The molecule has 1 unspecified atom stereocenters. The summed E-state index contributed by atoms with van der Waals surface area (Å²) in [6.07, 6.45) is 8.30. The Morgan fingerprint density at radius 1 is 1.32 bits per heavy atom. The van der Waals surface area contributed by atoms with Gasteiger partial charge in [-0.2, -0.15) is 0 Å². The quantitative estimate of drug-likeness (QED) is 0.546. The fourth-order valence-electron chi connectivity index (χ4n) is 3.51. The Bertz CT molecular complexity index is 386. The first-order chi connectivity index (χ1) is 8.98. The van der Waals surface area contributed by atoms with Crippen LogP contribution in [0.5, 0.6) is 0 Å². The molecule has 2 saturated carbocycles. The van der Waals surface area contributed by atoms with Crippen molar-refractivity contribution in [2.24, 2.45) is 17.3 Å². The highest BCUT2D eigenvalue weighted by Crippen LogP contribution is 2.62. The molecule has 2 aliphatic carbocycles. The first-order valence-electron chi connectivity index (χ1n) is 7.40. The van der Waals surface area contributed by atoms with Crippen LogP contribution in [-0.2, 0) is 9.53 Å². The van der Waals surface area contributed by atoms with Crippen molar-refractivity contribution >= 4 is 5.97 Å². The Hall–Kier alpha value is -1.05. The van der Waals surface area contributed by atoms with Gasteiger partial charge in [0, 0.05) is 0 Å². The van der Waals surface area contributed by atoms with Crippen LogP contribution >= 0.6 is 0 Å². The summed E-state index contributed by atoms with van der Waals surface area (Å²) in [6.45, 7) is 10.0. The van der Waals surface area contributed by atoms with Gasteiger partial charge in [-0.15, -0.1) is 0 Å². The highest BCUT2D eigenvalue weighted by atomic mass is 16.5. The molecule has 0 aromatic carbocycles. The molecule has 0 aromatic rings. The summed E-state index contributed by atoms with van der Waals surface area (Å²) in [4.78, 5) is 11.6. The normalized spacial score (nSPS) is 32.9. The van der Waals surface area contributed by atoms with Crippen molar-refractivity contribution in [1.82, 2.24) is 0 Å². The summed E-state index contributed by atoms with van der Waals surface area (Å²) in [5.74, 6) is 1.01. The minimum absolute atomic E-state index is 0.00844. The zero-order valence-corrected chi connectivity index (χ0v) is 12.3. The number of ether oxygens (including phenoxy) is 1. The standard InChI is InChI=1S/C17H26O2/c1-12(2)13(3)5-6-14-7-9-17(10-8-14)11-15(17)16(18)19-4/h14-15H,1,3,5-11H2,2,4H3. The van der Waals surface area contributed by atoms with E-state index in [9.17, 15) is 4.79 Å². The lowest BCUT2D eigenvalue weighted by molar-refractivity contribution is -0.143. The fourth-order valence-corrected chi connectivity index (χ4v) is 3.51. The van der Waals surface area contributed by atoms with Gasteiger partial charge in [0.15, 0.2) is 0 Å². The average Bonchev–Trinajstić information content (AvgIpc) is 3.11. The average molecular weight is 262 g/mol. The van der Waals surface area contributed by atoms with E-state index in [1.54, 1.807) is 0 Å². The van der Waals surface area contributed by atoms with E-state index in [-0.39, 0.29) is 11.9 Å². The smallest absolute Gasteiger partial charge is 0.309 e. The minimum atomic E-state index is 0.00844. The molecule has 0 heterocycles. The predicted octanol–water partition coefficient (Wildman–Crippen LogP) is 4.27. The zero-order valence-electron chi connectivity index (χ0n) is 12.3. The molecule has 2 rings (SSSR count). The molecule has 2 nitrogen and oxygen atoms in total. The van der Waals surface area contributed by atoms with Gasteiger partial charge in [0.05, 0.1) is 13.0 Å². The van der Waals surface area contributed by atoms with Gasteiger partial charge in [0.1, 0.15) is 0 Å². The minimum Gasteiger partial charge on any atom is -0.469 e. The van der Waals surface area contributed by atoms with Gasteiger partial charge < -0.3 is 4.74 Å². The third-order valence-corrected chi connectivity index (χ3v) is 5.23. The lowest BCUT2D eigenvalue weighted by Crippen LogP contribution is -2.20. The Balaban J connectivity index is 1.74. The summed E-state index contributed by atoms with van der Waals surface area (Å²) >= 11 is 0. The summed E-state index contributed by atoms with van der Waals surface area (Å²) < 4.78 is 4.87. The van der Waals surface area contributed by atoms with Crippen molar-refractivity contribution in [2.75, 3.05) is 7.11 Å². The monoisotopic (exact) mass is 262 g/mol. The molecule has 1 atom stereocenters. The van der Waals surface area contributed by atoms with Crippen molar-refractivity contribution in [3.63, 3.8) is 0 Å². The van der Waals surface area contributed by atoms with Crippen LogP contribution in [0.15, 0.2) is 24.3 Å². The molecule has 1 spiro atoms. The third kappa shape index (κ3) is 3.10. The molecule has 0 aliphatic heterocycles. The molecule has 0 aromatic heterocycles. The molecular weight excluding hydrogens is 236 g/mol. The number of carbonyl (C=O) groups is 1. The number of hydrogen-bond acceptors (Lipinski definition) is 2. The number of carbonyl (C=O) groups excluding carboxylic acids is 1. The van der Waals surface area contributed by atoms with Gasteiger partial charge in [0.25, 0.3) is 0 Å². The molecule has 106 valence electrons. The van der Waals surface area contributed by atoms with E-state index in [0.717, 1.165) is 24.3 Å². The van der Waals surface area contributed by atoms with E-state index < -0.39 is 0 Å². The summed E-state index contributed by atoms with van der Waals surface area (Å²) in [7, 11) is 1.50. The van der Waals surface area contributed by atoms with E-state index in [1.807, 2.05) is 6.92 Å². The Kier molecular flexibility index (Phi) is 4.17. The second-order valence-electron chi connectivity index (χ2n) is 6.51. The van der Waals surface area contributed by atoms with Crippen LogP contribution in [0.4, 0.5) is 0 Å². The number of methoxy groups -OCH3 is 1. The second-order valence-corrected chi connectivity index (χ2v) is 6.51. The molecular formula is C17H26O2. The number of esters is 1. The maximum atomic E-state index is 11.6. The van der Waals surface area contributed by atoms with Crippen molar-refractivity contribution in [3.8, 4) is 0 Å². The molecule has 19 heavy (non-hydrogen) atoms. The number of rotatable bonds is 5. The summed E-state index contributed by atoms with van der Waals surface area (Å²) in [6, 6.07) is 0. The summed E-state index contributed by atoms with van der Waals surface area (Å²) in [5, 5.41) is 0. The molecule has 0 radical (unpaired) electrons. The molecule has 0 saturated heterocycles. The van der Waals surface area contributed by atoms with Gasteiger partial charge in [-0.3, -0.25) is 4.79 Å². The number of hydrogen-bond donors (Lipinski definition) is 0. The predicted molar refractivity (Wildman–Crippen MR) is 77.7 cm³/mol. The highest BCUT2D eigenvalue weighted by molar-refractivity contribution is 5.76. The van der Waals surface area contributed by atoms with Crippen molar-refractivity contribution in [1.29, 1.82) is 0 Å². The van der Waals surface area contributed by atoms with E-state index in [2.05, 4.69) is 13.2 Å². The van der Waals surface area contributed by atoms with Crippen LogP contribution < -0.4 is 0 Å². The largest absolute Gasteiger partial charge is 0.469 e. The number of allylic oxidation sites excluding steroid dienone is 2. The SMILES string of the molecule is C=C(C)C(=C)CCC1CCC2(CC1)CC2C(=O)OC. The van der Waals surface area contributed by atoms with Gasteiger partial charge in [-0.05, 0) is 63.2 Å². The maximum Gasteiger partial charge on any atom is 0.309 e. The van der Waals surface area contributed by atoms with Crippen LogP contribution in [0.2, 0.25) is 0 Å². The first-order valence-corrected chi connectivity index (χ1v) is 7.40. The molecule has 2 aliphatic rings. The lowest BCUT2D eigenvalue weighted by Gasteiger charge is -2.29. The molecule has 2 heteroatoms. The van der Waals surface area contributed by atoms with E-state index >= 15 is 0 Å². The maximum absolute atomic E-state index is 11.6. The Morgan fingerprint density at radius 3 is 2.47 bits per heavy atom. The van der Waals surface area contributed by atoms with Crippen LogP contribution in [0.25, 0.3) is 0 Å². The van der Waals surface area contributed by atoms with Crippen LogP contribution in [0.3, 0.4) is 0 Å². The van der Waals surface area contributed by atoms with Gasteiger partial charge >= 0.3 is 5.97 Å². The van der Waals surface area contributed by atoms with E-state index in [0.29, 0.717) is 5.41 Å². The Labute approximate surface area is 116 Å². The molecule has 0 bridgehead atoms. The molecule has 0 amide bonds. The fraction of sp³-hybridized carbons (Fsp3) is 0.706. The lowest BCUT2D eigenvalue weighted by atomic mass is 9.76. The molecule has 0 N–H and O–H groups in total. The third-order valence-electron chi connectivity index (χ3n) is 5.23. The van der Waals surface area contributed by atoms with Crippen molar-refractivity contribution < 1.29 is 9.53 Å². The van der Waals surface area contributed by atoms with Crippen LogP contribution in [0.1, 0.15) is 51.9 Å². The van der Waals surface area contributed by atoms with Crippen molar-refractivity contribution in [2.45, 2.75) is 51.9 Å². The van der Waals surface area contributed by atoms with Crippen LogP contribution in [-0.4, -0.2) is 13.1 Å². The highest BCUT2D eigenvalue weighted by Gasteiger charge is 2.59. The first kappa shape index (κ1) is 14.4.